The van der Waals surface area contributed by atoms with Crippen LogP contribution in [0.2, 0.25) is 5.02 Å². The van der Waals surface area contributed by atoms with Crippen molar-refractivity contribution in [2.45, 2.75) is 13.0 Å². The Balaban J connectivity index is 2.33. The van der Waals surface area contributed by atoms with E-state index in [-0.39, 0.29) is 17.2 Å². The Bertz CT molecular complexity index is 964. The van der Waals surface area contributed by atoms with Gasteiger partial charge in [0.1, 0.15) is 5.69 Å². The number of halogens is 1. The molecule has 1 unspecified atom stereocenters. The highest BCUT2D eigenvalue weighted by atomic mass is 35.5. The highest BCUT2D eigenvalue weighted by molar-refractivity contribution is 6.32. The quantitative estimate of drug-likeness (QED) is 0.470. The number of rotatable bonds is 9. The maximum atomic E-state index is 12.7. The number of para-hydroxylation sites is 1. The van der Waals surface area contributed by atoms with Crippen molar-refractivity contribution in [1.29, 1.82) is 0 Å². The number of anilines is 1. The van der Waals surface area contributed by atoms with Crippen LogP contribution in [0.1, 0.15) is 6.92 Å². The molecule has 30 heavy (non-hydrogen) atoms. The van der Waals surface area contributed by atoms with Crippen LogP contribution in [-0.4, -0.2) is 46.2 Å². The maximum Gasteiger partial charge on any atom is 0.258 e. The van der Waals surface area contributed by atoms with Crippen molar-refractivity contribution in [2.75, 3.05) is 33.8 Å². The lowest BCUT2D eigenvalue weighted by Crippen LogP contribution is -2.32. The number of Topliss-reactive ketones (excluding diaryl/α,β-unsaturated/α-hetero) is 1. The lowest BCUT2D eigenvalue weighted by atomic mass is 10.2. The first kappa shape index (κ1) is 23.0. The third kappa shape index (κ3) is 4.98. The average Bonchev–Trinajstić information content (AvgIpc) is 2.74. The van der Waals surface area contributed by atoms with E-state index in [0.29, 0.717) is 22.2 Å². The van der Waals surface area contributed by atoms with Gasteiger partial charge in [-0.15, -0.1) is 0 Å². The molecule has 0 heterocycles. The molecular formula is C20H22ClN3O6. The molecule has 1 amide bonds. The smallest absolute Gasteiger partial charge is 0.258 e. The van der Waals surface area contributed by atoms with Gasteiger partial charge in [0.25, 0.3) is 5.91 Å². The molecule has 1 atom stereocenters. The number of carbonyl (C=O) groups excluding carboxylic acids is 2. The molecule has 0 spiro atoms. The van der Waals surface area contributed by atoms with Crippen molar-refractivity contribution in [3.8, 4) is 23.0 Å². The van der Waals surface area contributed by atoms with Crippen LogP contribution in [0, 0.1) is 0 Å². The van der Waals surface area contributed by atoms with E-state index in [9.17, 15) is 9.59 Å². The standard InChI is InChI=1S/C20H22ClN3O6/c1-11(25)16(24-23-14-7-6-8-15(27-2)18(14)29-4)20(26)22-13-10-9-12(21)17(28-3)19(13)30-5/h6-10,16H,1-5H3,(H,22,26). The van der Waals surface area contributed by atoms with Crippen LogP contribution in [-0.2, 0) is 9.59 Å². The summed E-state index contributed by atoms with van der Waals surface area (Å²) in [5.74, 6) is 0.0336. The topological polar surface area (TPSA) is 108 Å². The number of ketones is 1. The fourth-order valence-electron chi connectivity index (χ4n) is 2.62. The molecule has 1 N–H and O–H groups in total. The summed E-state index contributed by atoms with van der Waals surface area (Å²) < 4.78 is 21.0. The van der Waals surface area contributed by atoms with E-state index >= 15 is 0 Å². The molecule has 0 saturated carbocycles. The van der Waals surface area contributed by atoms with Gasteiger partial charge in [0, 0.05) is 0 Å². The third-order valence-electron chi connectivity index (χ3n) is 4.03. The summed E-state index contributed by atoms with van der Waals surface area (Å²) in [4.78, 5) is 24.8. The Hall–Kier alpha value is -3.33. The molecule has 10 heteroatoms. The second-order valence-corrected chi connectivity index (χ2v) is 6.30. The second-order valence-electron chi connectivity index (χ2n) is 5.89. The molecular weight excluding hydrogens is 414 g/mol. The van der Waals surface area contributed by atoms with Gasteiger partial charge in [0.15, 0.2) is 28.8 Å². The van der Waals surface area contributed by atoms with Crippen LogP contribution in [0.5, 0.6) is 23.0 Å². The summed E-state index contributed by atoms with van der Waals surface area (Å²) in [6, 6.07) is 6.65. The predicted octanol–water partition coefficient (Wildman–Crippen LogP) is 4.05. The van der Waals surface area contributed by atoms with E-state index in [4.69, 9.17) is 30.5 Å². The van der Waals surface area contributed by atoms with Crippen molar-refractivity contribution in [1.82, 2.24) is 0 Å². The molecule has 0 radical (unpaired) electrons. The van der Waals surface area contributed by atoms with Gasteiger partial charge in [-0.1, -0.05) is 17.7 Å². The lowest BCUT2D eigenvalue weighted by molar-refractivity contribution is -0.126. The number of azo groups is 1. The van der Waals surface area contributed by atoms with Gasteiger partial charge in [-0.2, -0.15) is 10.2 Å². The van der Waals surface area contributed by atoms with E-state index in [2.05, 4.69) is 15.5 Å². The molecule has 0 aliphatic carbocycles. The summed E-state index contributed by atoms with van der Waals surface area (Å²) in [5.41, 5.74) is 0.575. The highest BCUT2D eigenvalue weighted by Gasteiger charge is 2.25. The van der Waals surface area contributed by atoms with Crippen LogP contribution >= 0.6 is 11.6 Å². The predicted molar refractivity (Wildman–Crippen MR) is 112 cm³/mol. The molecule has 0 fully saturated rings. The minimum Gasteiger partial charge on any atom is -0.493 e. The van der Waals surface area contributed by atoms with Gasteiger partial charge >= 0.3 is 0 Å². The summed E-state index contributed by atoms with van der Waals surface area (Å²) in [7, 11) is 5.76. The number of amides is 1. The van der Waals surface area contributed by atoms with E-state index < -0.39 is 17.7 Å². The fraction of sp³-hybridized carbons (Fsp3) is 0.300. The summed E-state index contributed by atoms with van der Waals surface area (Å²) in [5, 5.41) is 10.8. The number of nitrogens with one attached hydrogen (secondary N) is 1. The van der Waals surface area contributed by atoms with E-state index in [1.165, 1.54) is 47.5 Å². The summed E-state index contributed by atoms with van der Waals surface area (Å²) in [6.45, 7) is 1.24. The van der Waals surface area contributed by atoms with E-state index in [1.807, 2.05) is 0 Å². The number of hydrogen-bond donors (Lipinski definition) is 1. The normalized spacial score (nSPS) is 11.7. The Labute approximate surface area is 178 Å². The number of carbonyl (C=O) groups is 2. The number of benzene rings is 2. The van der Waals surface area contributed by atoms with Gasteiger partial charge < -0.3 is 24.3 Å². The largest absolute Gasteiger partial charge is 0.493 e. The molecule has 2 aromatic rings. The van der Waals surface area contributed by atoms with Crippen molar-refractivity contribution < 1.29 is 28.5 Å². The van der Waals surface area contributed by atoms with E-state index in [0.717, 1.165) is 0 Å². The molecule has 2 aromatic carbocycles. The van der Waals surface area contributed by atoms with Gasteiger partial charge in [-0.05, 0) is 31.2 Å². The fourth-order valence-corrected chi connectivity index (χ4v) is 2.84. The molecule has 0 aromatic heterocycles. The first-order valence-electron chi connectivity index (χ1n) is 8.71. The van der Waals surface area contributed by atoms with Crippen LogP contribution < -0.4 is 24.3 Å². The van der Waals surface area contributed by atoms with Gasteiger partial charge in [0.05, 0.1) is 39.1 Å². The average molecular weight is 436 g/mol. The summed E-state index contributed by atoms with van der Waals surface area (Å²) in [6.07, 6.45) is 0. The molecule has 0 aliphatic heterocycles. The summed E-state index contributed by atoms with van der Waals surface area (Å²) >= 11 is 6.07. The zero-order valence-corrected chi connectivity index (χ0v) is 17.9. The first-order chi connectivity index (χ1) is 14.4. The van der Waals surface area contributed by atoms with Crippen LogP contribution in [0.15, 0.2) is 40.6 Å². The van der Waals surface area contributed by atoms with Crippen molar-refractivity contribution >= 4 is 34.7 Å². The number of ether oxygens (including phenoxy) is 4. The lowest BCUT2D eigenvalue weighted by Gasteiger charge is -2.16. The van der Waals surface area contributed by atoms with Gasteiger partial charge in [0.2, 0.25) is 6.04 Å². The zero-order valence-electron chi connectivity index (χ0n) is 17.2. The van der Waals surface area contributed by atoms with Crippen LogP contribution in [0.3, 0.4) is 0 Å². The van der Waals surface area contributed by atoms with Gasteiger partial charge in [-0.25, -0.2) is 0 Å². The van der Waals surface area contributed by atoms with Crippen LogP contribution in [0.4, 0.5) is 11.4 Å². The Morgan fingerprint density at radius 3 is 2.17 bits per heavy atom. The zero-order chi connectivity index (χ0) is 22.3. The molecule has 2 rings (SSSR count). The van der Waals surface area contributed by atoms with Crippen molar-refractivity contribution in [3.05, 3.63) is 35.4 Å². The number of nitrogens with zero attached hydrogens (tertiary/aromatic N) is 2. The second kappa shape index (κ2) is 10.4. The molecule has 0 bridgehead atoms. The SMILES string of the molecule is COc1cccc(N=NC(C(C)=O)C(=O)Nc2ccc(Cl)c(OC)c2OC)c1OC. The van der Waals surface area contributed by atoms with Crippen molar-refractivity contribution in [2.24, 2.45) is 10.2 Å². The minimum absolute atomic E-state index is 0.215. The Morgan fingerprint density at radius 1 is 0.933 bits per heavy atom. The Kier molecular flexibility index (Phi) is 7.99. The Morgan fingerprint density at radius 2 is 1.60 bits per heavy atom. The number of hydrogen-bond acceptors (Lipinski definition) is 8. The molecule has 0 saturated heterocycles. The first-order valence-corrected chi connectivity index (χ1v) is 9.09. The molecule has 160 valence electrons. The monoisotopic (exact) mass is 435 g/mol. The third-order valence-corrected chi connectivity index (χ3v) is 4.32. The van der Waals surface area contributed by atoms with E-state index in [1.54, 1.807) is 18.2 Å². The highest BCUT2D eigenvalue weighted by Crippen LogP contribution is 2.41. The molecule has 0 aliphatic rings. The minimum atomic E-state index is -1.40. The van der Waals surface area contributed by atoms with Crippen molar-refractivity contribution in [3.63, 3.8) is 0 Å². The van der Waals surface area contributed by atoms with Gasteiger partial charge in [-0.3, -0.25) is 9.59 Å². The number of methoxy groups -OCH3 is 4. The molecule has 9 nitrogen and oxygen atoms in total. The van der Waals surface area contributed by atoms with Crippen LogP contribution in [0.25, 0.3) is 0 Å². The maximum absolute atomic E-state index is 12.7.